The third-order valence-corrected chi connectivity index (χ3v) is 14.0. The maximum atomic E-state index is 14.4. The molecule has 4 aliphatic rings. The standard InChI is InChI=1S/C36H31Br2Cl2N5O6/c1-43(2)19-9-5-17(6-10-19)41-42-18-7-11-20(12-8-18)45-31(47)22-14-13-21-24(26(22)32(45)48)16-35(39)33(49)44(3)34(50)36(35,40)27(21)23-15-25(51-4)30(46)29(38)28(23)37/h5-13,15,22,24,26-27,46H,14,16H2,1-4H3. The Kier molecular flexibility index (Phi) is 8.88. The molecule has 1 saturated carbocycles. The Morgan fingerprint density at radius 1 is 0.902 bits per heavy atom. The van der Waals surface area contributed by atoms with Crippen molar-refractivity contribution >= 4 is 101 Å². The minimum Gasteiger partial charge on any atom is -0.503 e. The number of azo groups is 1. The number of amides is 4. The van der Waals surface area contributed by atoms with Crippen LogP contribution in [-0.4, -0.2) is 71.6 Å². The lowest BCUT2D eigenvalue weighted by atomic mass is 9.56. The van der Waals surface area contributed by atoms with Gasteiger partial charge in [0.2, 0.25) is 11.8 Å². The molecular formula is C36H31Br2Cl2N5O6. The van der Waals surface area contributed by atoms with Gasteiger partial charge in [0.25, 0.3) is 11.8 Å². The summed E-state index contributed by atoms with van der Waals surface area (Å²) < 4.78 is 6.03. The minimum absolute atomic E-state index is 0.0885. The number of carbonyl (C=O) groups is 4. The highest BCUT2D eigenvalue weighted by molar-refractivity contribution is 9.13. The van der Waals surface area contributed by atoms with Crippen molar-refractivity contribution in [2.45, 2.75) is 28.5 Å². The number of likely N-dealkylation sites (tertiary alicyclic amines) is 1. The number of benzene rings is 3. The Balaban J connectivity index is 1.25. The van der Waals surface area contributed by atoms with Gasteiger partial charge in [-0.3, -0.25) is 29.0 Å². The molecule has 264 valence electrons. The van der Waals surface area contributed by atoms with Crippen LogP contribution in [0.1, 0.15) is 24.3 Å². The summed E-state index contributed by atoms with van der Waals surface area (Å²) in [6.07, 6.45) is 1.89. The van der Waals surface area contributed by atoms with Crippen LogP contribution < -0.4 is 14.5 Å². The fourth-order valence-electron chi connectivity index (χ4n) is 7.92. The van der Waals surface area contributed by atoms with Crippen LogP contribution in [0.2, 0.25) is 0 Å². The van der Waals surface area contributed by atoms with E-state index in [1.807, 2.05) is 49.3 Å². The summed E-state index contributed by atoms with van der Waals surface area (Å²) in [6, 6.07) is 15.8. The summed E-state index contributed by atoms with van der Waals surface area (Å²) in [5.74, 6) is -5.67. The van der Waals surface area contributed by atoms with E-state index >= 15 is 0 Å². The highest BCUT2D eigenvalue weighted by Crippen LogP contribution is 2.66. The van der Waals surface area contributed by atoms with E-state index < -0.39 is 51.1 Å². The summed E-state index contributed by atoms with van der Waals surface area (Å²) in [5, 5.41) is 19.3. The molecule has 2 saturated heterocycles. The number of aromatic hydroxyl groups is 1. The molecule has 0 aromatic heterocycles. The largest absolute Gasteiger partial charge is 0.503 e. The maximum absolute atomic E-state index is 14.4. The number of phenolic OH excluding ortho intramolecular Hbond substituents is 1. The molecule has 15 heteroatoms. The number of hydrogen-bond donors (Lipinski definition) is 1. The molecule has 7 rings (SSSR count). The molecule has 6 unspecified atom stereocenters. The number of hydrogen-bond acceptors (Lipinski definition) is 9. The fraction of sp³-hybridized carbons (Fsp3) is 0.333. The first kappa shape index (κ1) is 35.6. The van der Waals surface area contributed by atoms with E-state index in [-0.39, 0.29) is 34.7 Å². The third kappa shape index (κ3) is 5.17. The number of carbonyl (C=O) groups excluding carboxylic acids is 4. The number of phenols is 1. The van der Waals surface area contributed by atoms with Gasteiger partial charge in [0.15, 0.2) is 21.2 Å². The zero-order valence-corrected chi connectivity index (χ0v) is 32.4. The van der Waals surface area contributed by atoms with Crippen LogP contribution in [0.4, 0.5) is 22.7 Å². The maximum Gasteiger partial charge on any atom is 0.253 e. The van der Waals surface area contributed by atoms with Crippen molar-refractivity contribution in [1.29, 1.82) is 0 Å². The Hall–Kier alpha value is -3.78. The Labute approximate surface area is 320 Å². The van der Waals surface area contributed by atoms with Crippen LogP contribution in [0.15, 0.2) is 85.4 Å². The number of allylic oxidation sites excluding steroid dienone is 2. The lowest BCUT2D eigenvalue weighted by molar-refractivity contribution is -0.138. The van der Waals surface area contributed by atoms with Crippen molar-refractivity contribution in [3.8, 4) is 11.5 Å². The highest BCUT2D eigenvalue weighted by Gasteiger charge is 2.76. The van der Waals surface area contributed by atoms with E-state index in [1.165, 1.54) is 25.1 Å². The first-order chi connectivity index (χ1) is 24.1. The van der Waals surface area contributed by atoms with Crippen molar-refractivity contribution < 1.29 is 29.0 Å². The van der Waals surface area contributed by atoms with Gasteiger partial charge in [-0.25, -0.2) is 0 Å². The van der Waals surface area contributed by atoms with Gasteiger partial charge in [0, 0.05) is 37.2 Å². The molecular weight excluding hydrogens is 829 g/mol. The van der Waals surface area contributed by atoms with Crippen LogP contribution in [0, 0.1) is 17.8 Å². The van der Waals surface area contributed by atoms with Crippen LogP contribution in [0.5, 0.6) is 11.5 Å². The number of fused-ring (bicyclic) bond motifs is 4. The lowest BCUT2D eigenvalue weighted by Gasteiger charge is -2.51. The van der Waals surface area contributed by atoms with Crippen LogP contribution in [0.25, 0.3) is 0 Å². The van der Waals surface area contributed by atoms with E-state index in [0.29, 0.717) is 32.7 Å². The fourth-order valence-corrected chi connectivity index (χ4v) is 9.89. The van der Waals surface area contributed by atoms with Crippen molar-refractivity contribution in [1.82, 2.24) is 4.90 Å². The predicted octanol–water partition coefficient (Wildman–Crippen LogP) is 7.60. The van der Waals surface area contributed by atoms with Crippen LogP contribution >= 0.6 is 55.1 Å². The van der Waals surface area contributed by atoms with Gasteiger partial charge in [-0.05, 0) is 111 Å². The summed E-state index contributed by atoms with van der Waals surface area (Å²) in [5.41, 5.74) is 3.63. The average molecular weight is 860 g/mol. The van der Waals surface area contributed by atoms with Crippen molar-refractivity contribution in [3.05, 3.63) is 80.8 Å². The summed E-state index contributed by atoms with van der Waals surface area (Å²) in [6.45, 7) is 0. The van der Waals surface area contributed by atoms with E-state index in [4.69, 9.17) is 27.9 Å². The van der Waals surface area contributed by atoms with E-state index in [9.17, 15) is 24.3 Å². The monoisotopic (exact) mass is 857 g/mol. The van der Waals surface area contributed by atoms with Gasteiger partial charge in [-0.15, -0.1) is 23.2 Å². The van der Waals surface area contributed by atoms with Gasteiger partial charge in [0.1, 0.15) is 0 Å². The van der Waals surface area contributed by atoms with Crippen LogP contribution in [0.3, 0.4) is 0 Å². The topological polar surface area (TPSA) is 132 Å². The number of nitrogens with zero attached hydrogens (tertiary/aromatic N) is 5. The van der Waals surface area contributed by atoms with Gasteiger partial charge >= 0.3 is 0 Å². The molecule has 3 aromatic carbocycles. The molecule has 0 bridgehead atoms. The van der Waals surface area contributed by atoms with E-state index in [2.05, 4.69) is 42.1 Å². The Bertz CT molecular complexity index is 2080. The predicted molar refractivity (Wildman–Crippen MR) is 199 cm³/mol. The molecule has 2 aliphatic carbocycles. The Morgan fingerprint density at radius 2 is 1.51 bits per heavy atom. The van der Waals surface area contributed by atoms with E-state index in [1.54, 1.807) is 24.3 Å². The second-order valence-corrected chi connectivity index (χ2v) is 16.1. The first-order valence-corrected chi connectivity index (χ1v) is 18.3. The summed E-state index contributed by atoms with van der Waals surface area (Å²) in [7, 11) is 6.61. The number of alkyl halides is 2. The molecule has 0 radical (unpaired) electrons. The number of anilines is 2. The SMILES string of the molecule is COc1cc(C2C3=CCC4C(=O)N(c5ccc(N=Nc6ccc(N(C)C)cc6)cc5)C(=O)C4C3CC3(Cl)C(=O)N(C)C(=O)C23Cl)c(Br)c(Br)c1O. The number of halogens is 4. The second kappa shape index (κ2) is 12.7. The van der Waals surface area contributed by atoms with Crippen molar-refractivity contribution in [2.24, 2.45) is 28.0 Å². The zero-order valence-electron chi connectivity index (χ0n) is 27.7. The number of ether oxygens (including phenoxy) is 1. The molecule has 2 aliphatic heterocycles. The molecule has 1 N–H and O–H groups in total. The van der Waals surface area contributed by atoms with Gasteiger partial charge in [0.05, 0.1) is 40.5 Å². The van der Waals surface area contributed by atoms with E-state index in [0.717, 1.165) is 10.6 Å². The second-order valence-electron chi connectivity index (χ2n) is 13.3. The molecule has 51 heavy (non-hydrogen) atoms. The zero-order chi connectivity index (χ0) is 36.7. The Morgan fingerprint density at radius 3 is 2.10 bits per heavy atom. The third-order valence-electron chi connectivity index (χ3n) is 10.5. The summed E-state index contributed by atoms with van der Waals surface area (Å²) in [4.78, 5) is 56.3. The molecule has 0 spiro atoms. The molecule has 3 fully saturated rings. The minimum atomic E-state index is -2.00. The molecule has 4 amide bonds. The van der Waals surface area contributed by atoms with Crippen LogP contribution in [-0.2, 0) is 19.2 Å². The highest BCUT2D eigenvalue weighted by atomic mass is 79.9. The normalized spacial score (nSPS) is 28.6. The quantitative estimate of drug-likeness (QED) is 0.117. The number of imide groups is 2. The average Bonchev–Trinajstić information content (AvgIpc) is 3.45. The number of methoxy groups -OCH3 is 1. The smallest absolute Gasteiger partial charge is 0.253 e. The molecule has 6 atom stereocenters. The van der Waals surface area contributed by atoms with Gasteiger partial charge < -0.3 is 14.7 Å². The van der Waals surface area contributed by atoms with Crippen molar-refractivity contribution in [3.63, 3.8) is 0 Å². The van der Waals surface area contributed by atoms with Gasteiger partial charge in [-0.1, -0.05) is 11.6 Å². The summed E-state index contributed by atoms with van der Waals surface area (Å²) >= 11 is 21.5. The molecule has 11 nitrogen and oxygen atoms in total. The molecule has 3 aromatic rings. The number of rotatable bonds is 6. The van der Waals surface area contributed by atoms with Crippen molar-refractivity contribution in [2.75, 3.05) is 38.1 Å². The van der Waals surface area contributed by atoms with Gasteiger partial charge in [-0.2, -0.15) is 10.2 Å². The lowest BCUT2D eigenvalue weighted by Crippen LogP contribution is -2.60. The molecule has 2 heterocycles. The first-order valence-electron chi connectivity index (χ1n) is 16.0.